The number of aryl methyl sites for hydroxylation is 2. The second-order valence-corrected chi connectivity index (χ2v) is 4.38. The Labute approximate surface area is 114 Å². The minimum absolute atomic E-state index is 0.125. The van der Waals surface area contributed by atoms with Gasteiger partial charge in [0.1, 0.15) is 0 Å². The van der Waals surface area contributed by atoms with E-state index < -0.39 is 0 Å². The molecule has 1 rings (SSSR count). The molecule has 106 valence electrons. The standard InChI is InChI=1S/C14H22N2O3/c1-10-8-11(2)13(15)9-12(10)14(17)16-4-5-19-7-6-18-3/h8-9H,4-7,15H2,1-3H3,(H,16,17). The molecule has 0 fully saturated rings. The fraction of sp³-hybridized carbons (Fsp3) is 0.500. The lowest BCUT2D eigenvalue weighted by atomic mass is 10.0. The summed E-state index contributed by atoms with van der Waals surface area (Å²) < 4.78 is 10.1. The van der Waals surface area contributed by atoms with Gasteiger partial charge in [-0.3, -0.25) is 4.79 Å². The number of amides is 1. The quantitative estimate of drug-likeness (QED) is 0.576. The van der Waals surface area contributed by atoms with Gasteiger partial charge in [0.05, 0.1) is 19.8 Å². The smallest absolute Gasteiger partial charge is 0.251 e. The molecule has 0 saturated heterocycles. The number of carbonyl (C=O) groups is 1. The van der Waals surface area contributed by atoms with E-state index in [0.717, 1.165) is 11.1 Å². The van der Waals surface area contributed by atoms with E-state index in [4.69, 9.17) is 15.2 Å². The summed E-state index contributed by atoms with van der Waals surface area (Å²) in [5.74, 6) is -0.125. The predicted molar refractivity (Wildman–Crippen MR) is 75.4 cm³/mol. The molecule has 0 unspecified atom stereocenters. The second-order valence-electron chi connectivity index (χ2n) is 4.38. The molecule has 1 aromatic carbocycles. The van der Waals surface area contributed by atoms with Crippen molar-refractivity contribution in [2.75, 3.05) is 39.2 Å². The van der Waals surface area contributed by atoms with Crippen LogP contribution in [0, 0.1) is 13.8 Å². The van der Waals surface area contributed by atoms with Gasteiger partial charge in [0.15, 0.2) is 0 Å². The van der Waals surface area contributed by atoms with Gasteiger partial charge in [-0.1, -0.05) is 6.07 Å². The van der Waals surface area contributed by atoms with Gasteiger partial charge in [-0.2, -0.15) is 0 Å². The highest BCUT2D eigenvalue weighted by molar-refractivity contribution is 5.96. The molecule has 3 N–H and O–H groups in total. The second kappa shape index (κ2) is 7.76. The summed E-state index contributed by atoms with van der Waals surface area (Å²) in [5.41, 5.74) is 8.97. The minimum atomic E-state index is -0.125. The summed E-state index contributed by atoms with van der Waals surface area (Å²) in [6, 6.07) is 3.63. The number of nitrogen functional groups attached to an aromatic ring is 1. The van der Waals surface area contributed by atoms with Crippen LogP contribution in [0.5, 0.6) is 0 Å². The molecule has 0 aliphatic carbocycles. The van der Waals surface area contributed by atoms with Gasteiger partial charge in [0.2, 0.25) is 0 Å². The lowest BCUT2D eigenvalue weighted by molar-refractivity contribution is 0.0692. The Morgan fingerprint density at radius 2 is 1.95 bits per heavy atom. The Hall–Kier alpha value is -1.59. The van der Waals surface area contributed by atoms with Crippen LogP contribution < -0.4 is 11.1 Å². The first-order valence-electron chi connectivity index (χ1n) is 6.28. The van der Waals surface area contributed by atoms with E-state index in [0.29, 0.717) is 37.6 Å². The van der Waals surface area contributed by atoms with Crippen LogP contribution in [0.15, 0.2) is 12.1 Å². The summed E-state index contributed by atoms with van der Waals surface area (Å²) >= 11 is 0. The minimum Gasteiger partial charge on any atom is -0.398 e. The van der Waals surface area contributed by atoms with E-state index in [9.17, 15) is 4.79 Å². The molecule has 0 aliphatic rings. The fourth-order valence-corrected chi connectivity index (χ4v) is 1.69. The van der Waals surface area contributed by atoms with E-state index in [2.05, 4.69) is 5.32 Å². The van der Waals surface area contributed by atoms with Crippen molar-refractivity contribution in [1.82, 2.24) is 5.32 Å². The molecule has 5 nitrogen and oxygen atoms in total. The SMILES string of the molecule is COCCOCCNC(=O)c1cc(N)c(C)cc1C. The van der Waals surface area contributed by atoms with Crippen LogP contribution in [-0.4, -0.2) is 39.4 Å². The van der Waals surface area contributed by atoms with Crippen molar-refractivity contribution in [3.05, 3.63) is 28.8 Å². The van der Waals surface area contributed by atoms with Crippen LogP contribution in [-0.2, 0) is 9.47 Å². The zero-order valence-electron chi connectivity index (χ0n) is 11.8. The van der Waals surface area contributed by atoms with Crippen LogP contribution in [0.2, 0.25) is 0 Å². The maximum atomic E-state index is 12.0. The molecule has 5 heteroatoms. The van der Waals surface area contributed by atoms with Gasteiger partial charge >= 0.3 is 0 Å². The number of nitrogens with one attached hydrogen (secondary N) is 1. The molecule has 0 radical (unpaired) electrons. The zero-order valence-corrected chi connectivity index (χ0v) is 11.8. The van der Waals surface area contributed by atoms with Gasteiger partial charge in [0.25, 0.3) is 5.91 Å². The van der Waals surface area contributed by atoms with Crippen molar-refractivity contribution < 1.29 is 14.3 Å². The number of benzene rings is 1. The molecule has 0 heterocycles. The van der Waals surface area contributed by atoms with Crippen molar-refractivity contribution in [2.45, 2.75) is 13.8 Å². The Balaban J connectivity index is 2.43. The molecule has 0 bridgehead atoms. The number of hydrogen-bond acceptors (Lipinski definition) is 4. The van der Waals surface area contributed by atoms with Gasteiger partial charge in [-0.25, -0.2) is 0 Å². The Bertz CT molecular complexity index is 433. The largest absolute Gasteiger partial charge is 0.398 e. The molecule has 0 spiro atoms. The highest BCUT2D eigenvalue weighted by Crippen LogP contribution is 2.17. The van der Waals surface area contributed by atoms with E-state index in [1.54, 1.807) is 13.2 Å². The first kappa shape index (κ1) is 15.5. The normalized spacial score (nSPS) is 10.5. The van der Waals surface area contributed by atoms with Crippen LogP contribution in [0.1, 0.15) is 21.5 Å². The summed E-state index contributed by atoms with van der Waals surface area (Å²) in [6.07, 6.45) is 0. The lowest BCUT2D eigenvalue weighted by Gasteiger charge is -2.10. The summed E-state index contributed by atoms with van der Waals surface area (Å²) in [7, 11) is 1.62. The molecule has 0 saturated carbocycles. The van der Waals surface area contributed by atoms with Crippen LogP contribution in [0.4, 0.5) is 5.69 Å². The van der Waals surface area contributed by atoms with Gasteiger partial charge in [-0.05, 0) is 31.0 Å². The van der Waals surface area contributed by atoms with Crippen LogP contribution in [0.3, 0.4) is 0 Å². The first-order valence-corrected chi connectivity index (χ1v) is 6.28. The third-order valence-corrected chi connectivity index (χ3v) is 2.82. The van der Waals surface area contributed by atoms with E-state index in [1.165, 1.54) is 0 Å². The third kappa shape index (κ3) is 4.89. The number of anilines is 1. The lowest BCUT2D eigenvalue weighted by Crippen LogP contribution is -2.28. The van der Waals surface area contributed by atoms with Crippen molar-refractivity contribution >= 4 is 11.6 Å². The Morgan fingerprint density at radius 1 is 1.21 bits per heavy atom. The fourth-order valence-electron chi connectivity index (χ4n) is 1.69. The molecular formula is C14H22N2O3. The van der Waals surface area contributed by atoms with Crippen molar-refractivity contribution in [3.8, 4) is 0 Å². The zero-order chi connectivity index (χ0) is 14.3. The summed E-state index contributed by atoms with van der Waals surface area (Å²) in [4.78, 5) is 12.0. The average molecular weight is 266 g/mol. The predicted octanol–water partition coefficient (Wildman–Crippen LogP) is 1.28. The number of hydrogen-bond donors (Lipinski definition) is 2. The first-order chi connectivity index (χ1) is 9.06. The number of rotatable bonds is 7. The van der Waals surface area contributed by atoms with E-state index in [-0.39, 0.29) is 5.91 Å². The maximum Gasteiger partial charge on any atom is 0.251 e. The molecule has 1 aromatic rings. The highest BCUT2D eigenvalue weighted by Gasteiger charge is 2.10. The molecule has 19 heavy (non-hydrogen) atoms. The topological polar surface area (TPSA) is 73.6 Å². The molecule has 1 amide bonds. The Kier molecular flexibility index (Phi) is 6.32. The van der Waals surface area contributed by atoms with Gasteiger partial charge in [-0.15, -0.1) is 0 Å². The van der Waals surface area contributed by atoms with Gasteiger partial charge < -0.3 is 20.5 Å². The van der Waals surface area contributed by atoms with E-state index in [1.807, 2.05) is 19.9 Å². The number of ether oxygens (including phenoxy) is 2. The Morgan fingerprint density at radius 3 is 2.63 bits per heavy atom. The average Bonchev–Trinajstić information content (AvgIpc) is 2.37. The van der Waals surface area contributed by atoms with Gasteiger partial charge in [0, 0.05) is 24.9 Å². The van der Waals surface area contributed by atoms with Crippen LogP contribution in [0.25, 0.3) is 0 Å². The van der Waals surface area contributed by atoms with Crippen molar-refractivity contribution in [2.24, 2.45) is 0 Å². The molecule has 0 aliphatic heterocycles. The van der Waals surface area contributed by atoms with Crippen molar-refractivity contribution in [3.63, 3.8) is 0 Å². The number of nitrogens with two attached hydrogens (primary N) is 1. The summed E-state index contributed by atoms with van der Waals surface area (Å²) in [6.45, 7) is 5.85. The number of methoxy groups -OCH3 is 1. The maximum absolute atomic E-state index is 12.0. The number of carbonyl (C=O) groups excluding carboxylic acids is 1. The molecular weight excluding hydrogens is 244 g/mol. The molecule has 0 atom stereocenters. The third-order valence-electron chi connectivity index (χ3n) is 2.82. The van der Waals surface area contributed by atoms with Crippen LogP contribution >= 0.6 is 0 Å². The monoisotopic (exact) mass is 266 g/mol. The summed E-state index contributed by atoms with van der Waals surface area (Å²) in [5, 5.41) is 2.80. The highest BCUT2D eigenvalue weighted by atomic mass is 16.5. The van der Waals surface area contributed by atoms with E-state index >= 15 is 0 Å². The molecule has 0 aromatic heterocycles. The van der Waals surface area contributed by atoms with Crippen molar-refractivity contribution in [1.29, 1.82) is 0 Å².